The second-order valence-electron chi connectivity index (χ2n) is 7.60. The van der Waals surface area contributed by atoms with Crippen LogP contribution in [0, 0.1) is 12.8 Å². The van der Waals surface area contributed by atoms with E-state index in [2.05, 4.69) is 41.5 Å². The number of carbonyl (C=O) groups excluding carboxylic acids is 1. The van der Waals surface area contributed by atoms with Crippen molar-refractivity contribution in [2.45, 2.75) is 33.1 Å². The largest absolute Gasteiger partial charge is 0.381 e. The maximum absolute atomic E-state index is 13.0. The summed E-state index contributed by atoms with van der Waals surface area (Å²) >= 11 is 0. The summed E-state index contributed by atoms with van der Waals surface area (Å²) in [5.41, 5.74) is 7.57. The molecule has 140 valence electrons. The summed E-state index contributed by atoms with van der Waals surface area (Å²) in [6.07, 6.45) is 4.76. The minimum absolute atomic E-state index is 0.0420. The van der Waals surface area contributed by atoms with E-state index in [0.29, 0.717) is 12.5 Å². The van der Waals surface area contributed by atoms with Gasteiger partial charge in [0.1, 0.15) is 0 Å². The fraction of sp³-hybridized carbons (Fsp3) is 0.391. The number of allylic oxidation sites excluding steroid dienone is 1. The van der Waals surface area contributed by atoms with Crippen LogP contribution in [0.2, 0.25) is 0 Å². The van der Waals surface area contributed by atoms with E-state index in [1.165, 1.54) is 11.1 Å². The van der Waals surface area contributed by atoms with E-state index in [1.807, 2.05) is 19.2 Å². The molecule has 1 aliphatic carbocycles. The number of fused-ring (bicyclic) bond motifs is 1. The lowest BCUT2D eigenvalue weighted by Gasteiger charge is -2.23. The summed E-state index contributed by atoms with van der Waals surface area (Å²) in [5.74, 6) is 0.475. The first kappa shape index (κ1) is 17.9. The number of aryl methyl sites for hydroxylation is 2. The van der Waals surface area contributed by atoms with Gasteiger partial charge in [-0.05, 0) is 61.9 Å². The van der Waals surface area contributed by atoms with Gasteiger partial charge in [0.05, 0.1) is 6.61 Å². The average molecular weight is 362 g/mol. The molecule has 1 N–H and O–H groups in total. The van der Waals surface area contributed by atoms with Gasteiger partial charge in [0.25, 0.3) is 5.91 Å². The topological polar surface area (TPSA) is 51.2 Å². The molecule has 1 amide bonds. The maximum Gasteiger partial charge on any atom is 0.251 e. The highest BCUT2D eigenvalue weighted by Gasteiger charge is 2.24. The highest BCUT2D eigenvalue weighted by Crippen LogP contribution is 2.35. The van der Waals surface area contributed by atoms with Crippen LogP contribution in [0.25, 0.3) is 16.7 Å². The second-order valence-corrected chi connectivity index (χ2v) is 7.60. The van der Waals surface area contributed by atoms with Crippen LogP contribution in [0.4, 0.5) is 0 Å². The third-order valence-corrected chi connectivity index (χ3v) is 5.70. The molecule has 1 aromatic heterocycles. The average Bonchev–Trinajstić information content (AvgIpc) is 3.19. The molecule has 1 saturated heterocycles. The van der Waals surface area contributed by atoms with E-state index < -0.39 is 0 Å². The number of nitrogens with one attached hydrogen (secondary N) is 1. The quantitative estimate of drug-likeness (QED) is 0.897. The van der Waals surface area contributed by atoms with Gasteiger partial charge in [0.15, 0.2) is 0 Å². The van der Waals surface area contributed by atoms with Crippen LogP contribution in [0.15, 0.2) is 42.1 Å². The normalized spacial score (nSPS) is 19.1. The third-order valence-electron chi connectivity index (χ3n) is 5.70. The van der Waals surface area contributed by atoms with Crippen LogP contribution in [0.3, 0.4) is 0 Å². The van der Waals surface area contributed by atoms with Crippen molar-refractivity contribution in [3.8, 4) is 11.1 Å². The molecule has 0 radical (unpaired) electrons. The molecule has 0 saturated carbocycles. The zero-order valence-corrected chi connectivity index (χ0v) is 16.0. The van der Waals surface area contributed by atoms with Crippen molar-refractivity contribution in [3.63, 3.8) is 0 Å². The number of amides is 1. The monoisotopic (exact) mass is 362 g/mol. The molecule has 27 heavy (non-hydrogen) atoms. The molecule has 4 heteroatoms. The number of carbonyl (C=O) groups is 1. The van der Waals surface area contributed by atoms with Gasteiger partial charge >= 0.3 is 0 Å². The molecule has 1 atom stereocenters. The van der Waals surface area contributed by atoms with Gasteiger partial charge in [-0.3, -0.25) is 9.78 Å². The van der Waals surface area contributed by atoms with E-state index in [0.717, 1.165) is 60.4 Å². The number of hydrogen-bond acceptors (Lipinski definition) is 3. The molecular formula is C23H26N2O2. The molecule has 1 fully saturated rings. The molecule has 2 aliphatic rings. The number of aromatic nitrogens is 1. The minimum atomic E-state index is 0.0420. The fourth-order valence-electron chi connectivity index (χ4n) is 4.05. The lowest BCUT2D eigenvalue weighted by atomic mass is 9.84. The third kappa shape index (κ3) is 3.67. The highest BCUT2D eigenvalue weighted by atomic mass is 16.5. The molecule has 2 heterocycles. The van der Waals surface area contributed by atoms with Crippen molar-refractivity contribution in [2.24, 2.45) is 5.92 Å². The second kappa shape index (κ2) is 7.65. The number of nitrogens with zero attached hydrogens (tertiary/aromatic N) is 1. The molecule has 2 aromatic rings. The van der Waals surface area contributed by atoms with Crippen molar-refractivity contribution in [2.75, 3.05) is 19.8 Å². The highest BCUT2D eigenvalue weighted by molar-refractivity contribution is 6.21. The van der Waals surface area contributed by atoms with Crippen molar-refractivity contribution in [1.82, 2.24) is 10.3 Å². The molecule has 4 rings (SSSR count). The van der Waals surface area contributed by atoms with E-state index in [4.69, 9.17) is 4.74 Å². The van der Waals surface area contributed by atoms with Gasteiger partial charge in [0, 0.05) is 42.1 Å². The zero-order chi connectivity index (χ0) is 18.8. The molecule has 0 spiro atoms. The van der Waals surface area contributed by atoms with E-state index in [9.17, 15) is 4.79 Å². The van der Waals surface area contributed by atoms with Crippen LogP contribution in [0.1, 0.15) is 36.6 Å². The molecule has 1 aliphatic heterocycles. The Labute approximate surface area is 160 Å². The van der Waals surface area contributed by atoms with Gasteiger partial charge in [0.2, 0.25) is 0 Å². The van der Waals surface area contributed by atoms with Crippen molar-refractivity contribution in [3.05, 3.63) is 58.9 Å². The predicted octanol–water partition coefficient (Wildman–Crippen LogP) is 3.93. The van der Waals surface area contributed by atoms with Gasteiger partial charge in [-0.25, -0.2) is 0 Å². The first-order chi connectivity index (χ1) is 13.1. The standard InChI is InChI=1S/C23H26N2O2/c1-15-5-6-18-7-8-19(20-4-3-10-24-16(20)2)12-21(18)22(15)23(26)25-13-17-9-11-27-14-17/h3-4,7-8,10,12,17H,5-6,9,11,13-14H2,1-2H3,(H,25,26). The number of ether oxygens (including phenoxy) is 1. The Bertz CT molecular complexity index is 895. The van der Waals surface area contributed by atoms with Crippen LogP contribution in [-0.4, -0.2) is 30.6 Å². The number of benzene rings is 1. The summed E-state index contributed by atoms with van der Waals surface area (Å²) in [5, 5.41) is 3.15. The Morgan fingerprint density at radius 1 is 1.22 bits per heavy atom. The lowest BCUT2D eigenvalue weighted by molar-refractivity contribution is -0.115. The van der Waals surface area contributed by atoms with Gasteiger partial charge < -0.3 is 10.1 Å². The Morgan fingerprint density at radius 2 is 2.11 bits per heavy atom. The summed E-state index contributed by atoms with van der Waals surface area (Å²) in [6.45, 7) is 6.34. The van der Waals surface area contributed by atoms with Crippen LogP contribution in [0.5, 0.6) is 0 Å². The summed E-state index contributed by atoms with van der Waals surface area (Å²) in [6, 6.07) is 10.5. The minimum Gasteiger partial charge on any atom is -0.381 e. The van der Waals surface area contributed by atoms with Crippen molar-refractivity contribution in [1.29, 1.82) is 0 Å². The fourth-order valence-corrected chi connectivity index (χ4v) is 4.05. The van der Waals surface area contributed by atoms with Crippen molar-refractivity contribution >= 4 is 11.5 Å². The summed E-state index contributed by atoms with van der Waals surface area (Å²) in [4.78, 5) is 17.4. The maximum atomic E-state index is 13.0. The number of hydrogen-bond donors (Lipinski definition) is 1. The summed E-state index contributed by atoms with van der Waals surface area (Å²) in [7, 11) is 0. The van der Waals surface area contributed by atoms with E-state index in [-0.39, 0.29) is 5.91 Å². The molecular weight excluding hydrogens is 336 g/mol. The SMILES string of the molecule is CC1=C(C(=O)NCC2CCOC2)c2cc(-c3cccnc3C)ccc2CC1. The Balaban J connectivity index is 1.64. The van der Waals surface area contributed by atoms with Gasteiger partial charge in [-0.2, -0.15) is 0 Å². The smallest absolute Gasteiger partial charge is 0.251 e. The summed E-state index contributed by atoms with van der Waals surface area (Å²) < 4.78 is 5.42. The first-order valence-corrected chi connectivity index (χ1v) is 9.74. The predicted molar refractivity (Wildman–Crippen MR) is 107 cm³/mol. The Hall–Kier alpha value is -2.46. The van der Waals surface area contributed by atoms with E-state index >= 15 is 0 Å². The number of pyridine rings is 1. The first-order valence-electron chi connectivity index (χ1n) is 9.74. The molecule has 4 nitrogen and oxygen atoms in total. The molecule has 0 bridgehead atoms. The van der Waals surface area contributed by atoms with Gasteiger partial charge in [-0.15, -0.1) is 0 Å². The molecule has 1 unspecified atom stereocenters. The lowest BCUT2D eigenvalue weighted by Crippen LogP contribution is -2.31. The Kier molecular flexibility index (Phi) is 5.08. The molecule has 1 aromatic carbocycles. The zero-order valence-electron chi connectivity index (χ0n) is 16.0. The van der Waals surface area contributed by atoms with Crippen LogP contribution >= 0.6 is 0 Å². The van der Waals surface area contributed by atoms with Gasteiger partial charge in [-0.1, -0.05) is 23.8 Å². The van der Waals surface area contributed by atoms with Crippen LogP contribution < -0.4 is 5.32 Å². The van der Waals surface area contributed by atoms with Crippen molar-refractivity contribution < 1.29 is 9.53 Å². The Morgan fingerprint density at radius 3 is 2.89 bits per heavy atom. The van der Waals surface area contributed by atoms with E-state index in [1.54, 1.807) is 0 Å². The van der Waals surface area contributed by atoms with Crippen LogP contribution in [-0.2, 0) is 16.0 Å². The number of rotatable bonds is 4.